The molecule has 1 saturated heterocycles. The maximum absolute atomic E-state index is 13.2. The zero-order valence-corrected chi connectivity index (χ0v) is 24.1. The van der Waals surface area contributed by atoms with E-state index >= 15 is 0 Å². The molecular formula is C29H51NO8. The summed E-state index contributed by atoms with van der Waals surface area (Å²) in [6.07, 6.45) is 9.92. The molecule has 1 fully saturated rings. The zero-order valence-electron chi connectivity index (χ0n) is 24.1. The van der Waals surface area contributed by atoms with E-state index in [-0.39, 0.29) is 6.42 Å². The van der Waals surface area contributed by atoms with E-state index in [1.807, 2.05) is 27.7 Å². The Balaban J connectivity index is 3.30. The number of aliphatic carboxylic acids is 4. The molecule has 0 bridgehead atoms. The topological polar surface area (TPSA) is 161 Å². The van der Waals surface area contributed by atoms with Gasteiger partial charge in [0.15, 0.2) is 0 Å². The molecule has 220 valence electrons. The second-order valence-electron chi connectivity index (χ2n) is 12.6. The normalized spacial score (nSPS) is 20.2. The van der Waals surface area contributed by atoms with E-state index in [4.69, 9.17) is 0 Å². The van der Waals surface area contributed by atoms with Crippen molar-refractivity contribution >= 4 is 23.9 Å². The molecule has 0 aromatic carbocycles. The van der Waals surface area contributed by atoms with Crippen molar-refractivity contribution < 1.29 is 39.6 Å². The van der Waals surface area contributed by atoms with Crippen molar-refractivity contribution in [2.45, 2.75) is 136 Å². The minimum Gasteiger partial charge on any atom is -0.481 e. The number of piperidine rings is 1. The molecule has 1 rings (SSSR count). The first-order valence-electron chi connectivity index (χ1n) is 14.3. The molecule has 0 amide bonds. The lowest BCUT2D eigenvalue weighted by molar-refractivity contribution is -0.181. The highest BCUT2D eigenvalue weighted by atomic mass is 16.4. The average molecular weight is 542 g/mol. The third kappa shape index (κ3) is 9.86. The van der Waals surface area contributed by atoms with Crippen LogP contribution in [0, 0.1) is 23.2 Å². The van der Waals surface area contributed by atoms with Gasteiger partial charge in [0.05, 0.1) is 23.7 Å². The van der Waals surface area contributed by atoms with Gasteiger partial charge in [-0.3, -0.25) is 19.2 Å². The monoisotopic (exact) mass is 541 g/mol. The molecule has 1 heterocycles. The van der Waals surface area contributed by atoms with Crippen LogP contribution in [0.2, 0.25) is 0 Å². The fourth-order valence-electron chi connectivity index (χ4n) is 6.91. The Morgan fingerprint density at radius 3 is 1.58 bits per heavy atom. The Hall–Kier alpha value is -2.16. The van der Waals surface area contributed by atoms with Gasteiger partial charge in [-0.2, -0.15) is 0 Å². The number of nitrogens with one attached hydrogen (secondary N) is 1. The Bertz CT molecular complexity index is 792. The van der Waals surface area contributed by atoms with Crippen LogP contribution in [0.15, 0.2) is 0 Å². The van der Waals surface area contributed by atoms with Gasteiger partial charge in [0.2, 0.25) is 0 Å². The zero-order chi connectivity index (χ0) is 29.1. The maximum Gasteiger partial charge on any atom is 0.310 e. The third-order valence-electron chi connectivity index (χ3n) is 8.20. The van der Waals surface area contributed by atoms with E-state index in [2.05, 4.69) is 12.2 Å². The van der Waals surface area contributed by atoms with Gasteiger partial charge in [0, 0.05) is 11.1 Å². The highest BCUT2D eigenvalue weighted by Gasteiger charge is 2.61. The number of hydrogen-bond donors (Lipinski definition) is 5. The molecule has 38 heavy (non-hydrogen) atoms. The van der Waals surface area contributed by atoms with Crippen LogP contribution in [0.25, 0.3) is 0 Å². The van der Waals surface area contributed by atoms with Gasteiger partial charge in [-0.15, -0.1) is 0 Å². The second kappa shape index (κ2) is 14.8. The number of unbranched alkanes of at least 4 members (excludes halogenated alkanes) is 9. The van der Waals surface area contributed by atoms with Crippen LogP contribution in [0.5, 0.6) is 0 Å². The molecule has 0 aliphatic carbocycles. The van der Waals surface area contributed by atoms with E-state index in [9.17, 15) is 39.6 Å². The molecule has 0 aromatic rings. The van der Waals surface area contributed by atoms with Crippen molar-refractivity contribution in [3.05, 3.63) is 0 Å². The summed E-state index contributed by atoms with van der Waals surface area (Å²) in [5.41, 5.74) is -2.94. The summed E-state index contributed by atoms with van der Waals surface area (Å²) >= 11 is 0. The fraction of sp³-hybridized carbons (Fsp3) is 0.862. The highest BCUT2D eigenvalue weighted by molar-refractivity contribution is 5.89. The number of carboxylic acid groups (broad SMARTS) is 4. The summed E-state index contributed by atoms with van der Waals surface area (Å²) in [5, 5.41) is 43.8. The number of rotatable bonds is 19. The number of carboxylic acids is 4. The molecule has 3 unspecified atom stereocenters. The number of carbonyl (C=O) groups is 4. The molecule has 3 atom stereocenters. The lowest BCUT2D eigenvalue weighted by Crippen LogP contribution is -2.63. The molecule has 5 N–H and O–H groups in total. The largest absolute Gasteiger partial charge is 0.481 e. The average Bonchev–Trinajstić information content (AvgIpc) is 2.75. The van der Waals surface area contributed by atoms with Gasteiger partial charge in [-0.1, -0.05) is 71.1 Å². The molecule has 1 aliphatic rings. The van der Waals surface area contributed by atoms with E-state index < -0.39 is 64.5 Å². The van der Waals surface area contributed by atoms with Gasteiger partial charge in [-0.25, -0.2) is 0 Å². The van der Waals surface area contributed by atoms with Crippen LogP contribution in [-0.2, 0) is 19.2 Å². The Morgan fingerprint density at radius 1 is 0.763 bits per heavy atom. The first-order chi connectivity index (χ1) is 17.6. The summed E-state index contributed by atoms with van der Waals surface area (Å²) in [6.45, 7) is 9.88. The molecule has 9 nitrogen and oxygen atoms in total. The number of hydrogen-bond acceptors (Lipinski definition) is 5. The Kier molecular flexibility index (Phi) is 13.2. The molecular weight excluding hydrogens is 490 g/mol. The van der Waals surface area contributed by atoms with E-state index in [0.717, 1.165) is 25.7 Å². The molecule has 0 aromatic heterocycles. The van der Waals surface area contributed by atoms with E-state index in [0.29, 0.717) is 25.7 Å². The summed E-state index contributed by atoms with van der Waals surface area (Å²) < 4.78 is 0. The molecule has 0 spiro atoms. The first-order valence-corrected chi connectivity index (χ1v) is 14.3. The first kappa shape index (κ1) is 33.9. The van der Waals surface area contributed by atoms with Gasteiger partial charge >= 0.3 is 23.9 Å². The Labute approximate surface area is 227 Å². The predicted molar refractivity (Wildman–Crippen MR) is 145 cm³/mol. The quantitative estimate of drug-likeness (QED) is 0.127. The summed E-state index contributed by atoms with van der Waals surface area (Å²) in [4.78, 5) is 49.6. The van der Waals surface area contributed by atoms with Crippen LogP contribution in [-0.4, -0.2) is 55.4 Å². The van der Waals surface area contributed by atoms with E-state index in [1.165, 1.54) is 25.7 Å². The maximum atomic E-state index is 13.2. The predicted octanol–water partition coefficient (Wildman–Crippen LogP) is 5.80. The van der Waals surface area contributed by atoms with Crippen molar-refractivity contribution in [3.63, 3.8) is 0 Å². The molecule has 1 aliphatic heterocycles. The molecule has 0 radical (unpaired) electrons. The van der Waals surface area contributed by atoms with Crippen LogP contribution in [0.1, 0.15) is 125 Å². The smallest absolute Gasteiger partial charge is 0.310 e. The lowest BCUT2D eigenvalue weighted by atomic mass is 9.54. The van der Waals surface area contributed by atoms with Gasteiger partial charge in [0.25, 0.3) is 0 Å². The van der Waals surface area contributed by atoms with Crippen molar-refractivity contribution in [1.29, 1.82) is 0 Å². The van der Waals surface area contributed by atoms with Crippen molar-refractivity contribution in [1.82, 2.24) is 5.32 Å². The van der Waals surface area contributed by atoms with Crippen molar-refractivity contribution in [2.75, 3.05) is 0 Å². The van der Waals surface area contributed by atoms with Crippen molar-refractivity contribution in [3.8, 4) is 0 Å². The lowest BCUT2D eigenvalue weighted by Gasteiger charge is -2.53. The third-order valence-corrected chi connectivity index (χ3v) is 8.20. The minimum absolute atomic E-state index is 0.00394. The standard InChI is InChI=1S/C29H51NO8/c1-6-7-8-9-10-11-12-13-14-15-16-29(26(37)38,20-18-27(2,3)30-28(4,5)19-20)23(25(35)36)21(24(33)34)17-22(31)32/h20-21,23,30H,6-19H2,1-5H3,(H,31,32)(H,33,34)(H,35,36)(H,37,38). The minimum atomic E-state index is -1.92. The Morgan fingerprint density at radius 2 is 1.21 bits per heavy atom. The fourth-order valence-corrected chi connectivity index (χ4v) is 6.91. The summed E-state index contributed by atoms with van der Waals surface area (Å²) in [7, 11) is 0. The van der Waals surface area contributed by atoms with Crippen molar-refractivity contribution in [2.24, 2.45) is 23.2 Å². The van der Waals surface area contributed by atoms with Gasteiger partial charge in [0.1, 0.15) is 0 Å². The summed E-state index contributed by atoms with van der Waals surface area (Å²) in [6, 6.07) is 0. The highest BCUT2D eigenvalue weighted by Crippen LogP contribution is 2.53. The SMILES string of the molecule is CCCCCCCCCCCCC(C(=O)O)(C1CC(C)(C)NC(C)(C)C1)C(C(=O)O)C(CC(=O)O)C(=O)O. The van der Waals surface area contributed by atoms with Crippen LogP contribution >= 0.6 is 0 Å². The van der Waals surface area contributed by atoms with Crippen LogP contribution in [0.3, 0.4) is 0 Å². The molecule has 9 heteroatoms. The van der Waals surface area contributed by atoms with Gasteiger partial charge in [-0.05, 0) is 52.9 Å². The second-order valence-corrected chi connectivity index (χ2v) is 12.6. The van der Waals surface area contributed by atoms with E-state index in [1.54, 1.807) is 0 Å². The van der Waals surface area contributed by atoms with Crippen LogP contribution < -0.4 is 5.32 Å². The van der Waals surface area contributed by atoms with Crippen LogP contribution in [0.4, 0.5) is 0 Å². The molecule has 0 saturated carbocycles. The van der Waals surface area contributed by atoms with Gasteiger partial charge < -0.3 is 25.7 Å². The summed E-state index contributed by atoms with van der Waals surface area (Å²) in [5.74, 6) is -10.4.